The lowest BCUT2D eigenvalue weighted by molar-refractivity contribution is 0.493. The zero-order valence-electron chi connectivity index (χ0n) is 6.85. The first-order valence-electron chi connectivity index (χ1n) is 3.53. The van der Waals surface area contributed by atoms with E-state index in [1.165, 1.54) is 6.08 Å². The van der Waals surface area contributed by atoms with Crippen molar-refractivity contribution in [3.8, 4) is 0 Å². The second kappa shape index (κ2) is 5.42. The second-order valence-corrected chi connectivity index (χ2v) is 8.35. The minimum absolute atomic E-state index is 0.0701. The van der Waals surface area contributed by atoms with E-state index >= 15 is 0 Å². The number of rotatable bonds is 6. The van der Waals surface area contributed by atoms with E-state index in [-0.39, 0.29) is 12.3 Å². The third-order valence-corrected chi connectivity index (χ3v) is 6.49. The molecule has 1 N–H and O–H groups in total. The van der Waals surface area contributed by atoms with Crippen LogP contribution in [-0.2, 0) is 9.13 Å². The summed E-state index contributed by atoms with van der Waals surface area (Å²) in [6.45, 7) is 6.77. The van der Waals surface area contributed by atoms with Crippen LogP contribution >= 0.6 is 14.5 Å². The topological polar surface area (TPSA) is 54.4 Å². The van der Waals surface area contributed by atoms with Crippen LogP contribution in [0.3, 0.4) is 0 Å². The average molecular weight is 207 g/mol. The molecule has 68 valence electrons. The number of allylic oxidation sites excluding steroid dienone is 2. The van der Waals surface area contributed by atoms with Gasteiger partial charge in [-0.3, -0.25) is 0 Å². The fraction of sp³-hybridized carbons (Fsp3) is 0.429. The van der Waals surface area contributed by atoms with Crippen molar-refractivity contribution in [2.45, 2.75) is 6.42 Å². The summed E-state index contributed by atoms with van der Waals surface area (Å²) < 4.78 is 22.3. The van der Waals surface area contributed by atoms with Gasteiger partial charge in [0, 0.05) is 6.42 Å². The molecule has 0 radical (unpaired) electrons. The lowest BCUT2D eigenvalue weighted by atomic mass is 10.5. The summed E-state index contributed by atoms with van der Waals surface area (Å²) >= 11 is 0. The molecule has 0 aromatic heterocycles. The highest BCUT2D eigenvalue weighted by Gasteiger charge is 2.39. The van der Waals surface area contributed by atoms with Gasteiger partial charge in [-0.05, 0) is 0 Å². The van der Waals surface area contributed by atoms with Gasteiger partial charge in [0.15, 0.2) is 6.16 Å². The van der Waals surface area contributed by atoms with Crippen LogP contribution in [0.25, 0.3) is 0 Å². The quantitative estimate of drug-likeness (QED) is 0.538. The summed E-state index contributed by atoms with van der Waals surface area (Å²) in [4.78, 5) is 9.18. The SMILES string of the molecule is C=CCC[P+](=O)P(=O)(O)CC=C. The fourth-order valence-electron chi connectivity index (χ4n) is 0.617. The Morgan fingerprint density at radius 1 is 1.42 bits per heavy atom. The van der Waals surface area contributed by atoms with Crippen LogP contribution in [0.1, 0.15) is 6.42 Å². The largest absolute Gasteiger partial charge is 0.428 e. The molecule has 3 nitrogen and oxygen atoms in total. The van der Waals surface area contributed by atoms with Crippen molar-refractivity contribution < 1.29 is 14.0 Å². The lowest BCUT2D eigenvalue weighted by Gasteiger charge is -1.94. The van der Waals surface area contributed by atoms with E-state index in [9.17, 15) is 14.0 Å². The molecule has 0 aliphatic heterocycles. The molecule has 12 heavy (non-hydrogen) atoms. The summed E-state index contributed by atoms with van der Waals surface area (Å²) in [5, 5.41) is 0. The monoisotopic (exact) mass is 207 g/mol. The lowest BCUT2D eigenvalue weighted by Crippen LogP contribution is -1.82. The molecule has 0 aromatic rings. The van der Waals surface area contributed by atoms with Crippen LogP contribution in [0.15, 0.2) is 25.3 Å². The Balaban J connectivity index is 4.15. The van der Waals surface area contributed by atoms with Gasteiger partial charge in [-0.2, -0.15) is 0 Å². The molecule has 0 aromatic carbocycles. The predicted octanol–water partition coefficient (Wildman–Crippen LogP) is 2.76. The molecule has 0 fully saturated rings. The Morgan fingerprint density at radius 2 is 2.00 bits per heavy atom. The van der Waals surface area contributed by atoms with Crippen molar-refractivity contribution in [2.75, 3.05) is 12.3 Å². The van der Waals surface area contributed by atoms with Gasteiger partial charge in [0.25, 0.3) is 0 Å². The Bertz CT molecular complexity index is 235. The highest BCUT2D eigenvalue weighted by Crippen LogP contribution is 2.65. The summed E-state index contributed by atoms with van der Waals surface area (Å²) in [6.07, 6.45) is 3.58. The van der Waals surface area contributed by atoms with Crippen LogP contribution in [0.2, 0.25) is 0 Å². The fourth-order valence-corrected chi connectivity index (χ4v) is 4.03. The van der Waals surface area contributed by atoms with Crippen LogP contribution in [0, 0.1) is 0 Å². The molecule has 0 rings (SSSR count). The first kappa shape index (κ1) is 11.8. The average Bonchev–Trinajstić information content (AvgIpc) is 2.00. The van der Waals surface area contributed by atoms with E-state index in [2.05, 4.69) is 13.2 Å². The molecule has 2 unspecified atom stereocenters. The zero-order valence-corrected chi connectivity index (χ0v) is 8.64. The van der Waals surface area contributed by atoms with E-state index in [0.29, 0.717) is 6.42 Å². The molecule has 5 heteroatoms. The van der Waals surface area contributed by atoms with Crippen LogP contribution < -0.4 is 0 Å². The second-order valence-electron chi connectivity index (χ2n) is 2.29. The molecule has 0 saturated carbocycles. The van der Waals surface area contributed by atoms with Crippen molar-refractivity contribution in [1.29, 1.82) is 0 Å². The number of hydrogen-bond donors (Lipinski definition) is 1. The van der Waals surface area contributed by atoms with Crippen LogP contribution in [0.4, 0.5) is 0 Å². The minimum atomic E-state index is -3.47. The predicted molar refractivity (Wildman–Crippen MR) is 52.2 cm³/mol. The third-order valence-electron chi connectivity index (χ3n) is 1.24. The van der Waals surface area contributed by atoms with Gasteiger partial charge in [-0.25, -0.2) is 4.57 Å². The van der Waals surface area contributed by atoms with E-state index in [0.717, 1.165) is 0 Å². The Morgan fingerprint density at radius 3 is 2.42 bits per heavy atom. The van der Waals surface area contributed by atoms with Crippen molar-refractivity contribution in [1.82, 2.24) is 0 Å². The first-order chi connectivity index (χ1) is 5.54. The van der Waals surface area contributed by atoms with E-state index in [1.807, 2.05) is 0 Å². The highest BCUT2D eigenvalue weighted by molar-refractivity contribution is 8.25. The maximum Gasteiger partial charge on any atom is 0.428 e. The Kier molecular flexibility index (Phi) is 5.32. The molecular formula is C7H13O3P2+. The van der Waals surface area contributed by atoms with Crippen molar-refractivity contribution >= 4 is 14.5 Å². The normalized spacial score (nSPS) is 16.2. The molecule has 0 heterocycles. The van der Waals surface area contributed by atoms with Gasteiger partial charge < -0.3 is 4.89 Å². The van der Waals surface area contributed by atoms with Crippen molar-refractivity contribution in [3.05, 3.63) is 25.3 Å². The molecule has 0 spiro atoms. The Labute approximate surface area is 73.3 Å². The van der Waals surface area contributed by atoms with E-state index < -0.39 is 14.5 Å². The molecule has 0 aliphatic carbocycles. The van der Waals surface area contributed by atoms with Gasteiger partial charge in [-0.1, -0.05) is 16.7 Å². The van der Waals surface area contributed by atoms with E-state index in [1.54, 1.807) is 6.08 Å². The van der Waals surface area contributed by atoms with Crippen LogP contribution in [-0.4, -0.2) is 17.2 Å². The van der Waals surface area contributed by atoms with Gasteiger partial charge in [0.05, 0.1) is 6.16 Å². The number of hydrogen-bond acceptors (Lipinski definition) is 2. The van der Waals surface area contributed by atoms with Crippen LogP contribution in [0.5, 0.6) is 0 Å². The van der Waals surface area contributed by atoms with E-state index in [4.69, 9.17) is 0 Å². The van der Waals surface area contributed by atoms with Gasteiger partial charge in [0.2, 0.25) is 0 Å². The van der Waals surface area contributed by atoms with Crippen molar-refractivity contribution in [2.24, 2.45) is 0 Å². The third kappa shape index (κ3) is 3.96. The standard InChI is InChI=1S/C7H12O3P2/c1-3-5-6-11(8)12(9,10)7-4-2/h3-4H,1-2,5-7H2/p+1. The summed E-state index contributed by atoms with van der Waals surface area (Å²) in [6, 6.07) is 0. The highest BCUT2D eigenvalue weighted by atomic mass is 32.1. The maximum atomic E-state index is 11.2. The van der Waals surface area contributed by atoms with Gasteiger partial charge >= 0.3 is 14.5 Å². The summed E-state index contributed by atoms with van der Waals surface area (Å²) in [5.74, 6) is 0. The molecule has 0 amide bonds. The van der Waals surface area contributed by atoms with Crippen molar-refractivity contribution in [3.63, 3.8) is 0 Å². The maximum absolute atomic E-state index is 11.2. The smallest absolute Gasteiger partial charge is 0.309 e. The molecule has 2 atom stereocenters. The molecule has 0 saturated heterocycles. The van der Waals surface area contributed by atoms with Gasteiger partial charge in [-0.15, -0.1) is 13.2 Å². The summed E-state index contributed by atoms with van der Waals surface area (Å²) in [5.41, 5.74) is 0. The summed E-state index contributed by atoms with van der Waals surface area (Å²) in [7, 11) is -5.49. The molecular weight excluding hydrogens is 194 g/mol. The first-order valence-corrected chi connectivity index (χ1v) is 7.53. The zero-order chi connectivity index (χ0) is 9.61. The minimum Gasteiger partial charge on any atom is -0.309 e. The molecule has 0 bridgehead atoms. The van der Waals surface area contributed by atoms with Gasteiger partial charge in [0.1, 0.15) is 0 Å². The Hall–Kier alpha value is -0.230. The molecule has 0 aliphatic rings.